The summed E-state index contributed by atoms with van der Waals surface area (Å²) in [4.78, 5) is 13.6. The number of nitrogens with zero attached hydrogens (tertiary/aromatic N) is 1. The van der Waals surface area contributed by atoms with Gasteiger partial charge in [-0.05, 0) is 46.8 Å². The van der Waals surface area contributed by atoms with Crippen molar-refractivity contribution in [2.45, 2.75) is 38.6 Å². The maximum absolute atomic E-state index is 11.5. The maximum Gasteiger partial charge on any atom is 0.338 e. The molecule has 1 aliphatic carbocycles. The van der Waals surface area contributed by atoms with Crippen LogP contribution in [0, 0.1) is 5.92 Å². The average Bonchev–Trinajstić information content (AvgIpc) is 2.37. The summed E-state index contributed by atoms with van der Waals surface area (Å²) in [6.07, 6.45) is 4.89. The number of rotatable bonds is 3. The highest BCUT2D eigenvalue weighted by atomic mass is 79.9. The fourth-order valence-corrected chi connectivity index (χ4v) is 3.59. The van der Waals surface area contributed by atoms with Crippen LogP contribution in [0.15, 0.2) is 22.7 Å². The van der Waals surface area contributed by atoms with Crippen LogP contribution in [0.25, 0.3) is 0 Å². The summed E-state index contributed by atoms with van der Waals surface area (Å²) in [6, 6.07) is 6.01. The number of carboxylic acids is 1. The minimum atomic E-state index is -0.877. The standard InChI is InChI=1S/C15H20BrNO2/c1-10-6-3-4-8-12(10)17(2)13-9-5-7-11(16)14(13)15(18)19/h5,7,9-10,12H,3-4,6,8H2,1-2H3,(H,18,19). The van der Waals surface area contributed by atoms with Crippen molar-refractivity contribution in [3.05, 3.63) is 28.2 Å². The molecule has 0 radical (unpaired) electrons. The summed E-state index contributed by atoms with van der Waals surface area (Å²) < 4.78 is 0.646. The zero-order chi connectivity index (χ0) is 14.0. The molecule has 1 N–H and O–H groups in total. The van der Waals surface area contributed by atoms with Gasteiger partial charge in [0, 0.05) is 17.6 Å². The number of hydrogen-bond acceptors (Lipinski definition) is 2. The van der Waals surface area contributed by atoms with Crippen molar-refractivity contribution in [1.82, 2.24) is 0 Å². The molecule has 1 aliphatic rings. The van der Waals surface area contributed by atoms with E-state index < -0.39 is 5.97 Å². The van der Waals surface area contributed by atoms with Crippen LogP contribution in [0.2, 0.25) is 0 Å². The average molecular weight is 326 g/mol. The minimum Gasteiger partial charge on any atom is -0.478 e. The van der Waals surface area contributed by atoms with E-state index in [1.165, 1.54) is 19.3 Å². The number of halogens is 1. The smallest absolute Gasteiger partial charge is 0.338 e. The molecule has 0 bridgehead atoms. The first-order valence-corrected chi connectivity index (χ1v) is 7.56. The normalized spacial score (nSPS) is 23.1. The number of hydrogen-bond donors (Lipinski definition) is 1. The highest BCUT2D eigenvalue weighted by molar-refractivity contribution is 9.10. The fourth-order valence-electron chi connectivity index (χ4n) is 3.07. The van der Waals surface area contributed by atoms with E-state index in [4.69, 9.17) is 0 Å². The van der Waals surface area contributed by atoms with E-state index >= 15 is 0 Å². The third kappa shape index (κ3) is 2.94. The Bertz CT molecular complexity index is 475. The number of carboxylic acid groups (broad SMARTS) is 1. The predicted octanol–water partition coefficient (Wildman–Crippen LogP) is 4.16. The van der Waals surface area contributed by atoms with E-state index in [9.17, 15) is 9.90 Å². The number of aromatic carboxylic acids is 1. The summed E-state index contributed by atoms with van der Waals surface area (Å²) in [5, 5.41) is 9.40. The van der Waals surface area contributed by atoms with Crippen LogP contribution in [-0.2, 0) is 0 Å². The summed E-state index contributed by atoms with van der Waals surface area (Å²) in [5.41, 5.74) is 1.17. The molecule has 0 amide bonds. The van der Waals surface area contributed by atoms with Crippen molar-refractivity contribution in [3.63, 3.8) is 0 Å². The van der Waals surface area contributed by atoms with Gasteiger partial charge in [-0.25, -0.2) is 4.79 Å². The monoisotopic (exact) mass is 325 g/mol. The fraction of sp³-hybridized carbons (Fsp3) is 0.533. The molecule has 4 heteroatoms. The highest BCUT2D eigenvalue weighted by Crippen LogP contribution is 2.34. The number of carbonyl (C=O) groups is 1. The Morgan fingerprint density at radius 1 is 1.37 bits per heavy atom. The van der Waals surface area contributed by atoms with E-state index in [1.807, 2.05) is 19.2 Å². The zero-order valence-electron chi connectivity index (χ0n) is 11.4. The molecule has 1 aromatic carbocycles. The topological polar surface area (TPSA) is 40.5 Å². The third-order valence-electron chi connectivity index (χ3n) is 4.15. The summed E-state index contributed by atoms with van der Waals surface area (Å²) in [6.45, 7) is 2.26. The maximum atomic E-state index is 11.5. The first-order chi connectivity index (χ1) is 9.02. The Labute approximate surface area is 122 Å². The van der Waals surface area contributed by atoms with Gasteiger partial charge in [-0.3, -0.25) is 0 Å². The second-order valence-electron chi connectivity index (χ2n) is 5.38. The molecular formula is C15H20BrNO2. The van der Waals surface area contributed by atoms with Gasteiger partial charge in [0.05, 0.1) is 11.3 Å². The zero-order valence-corrected chi connectivity index (χ0v) is 13.0. The molecule has 19 heavy (non-hydrogen) atoms. The van der Waals surface area contributed by atoms with Crippen LogP contribution in [0.4, 0.5) is 5.69 Å². The lowest BCUT2D eigenvalue weighted by molar-refractivity contribution is 0.0696. The van der Waals surface area contributed by atoms with Crippen LogP contribution in [0.3, 0.4) is 0 Å². The van der Waals surface area contributed by atoms with Crippen molar-refractivity contribution in [2.75, 3.05) is 11.9 Å². The molecule has 0 spiro atoms. The van der Waals surface area contributed by atoms with Crippen LogP contribution in [0.1, 0.15) is 43.0 Å². The summed E-state index contributed by atoms with van der Waals surface area (Å²) >= 11 is 3.35. The third-order valence-corrected chi connectivity index (χ3v) is 4.81. The SMILES string of the molecule is CC1CCCCC1N(C)c1cccc(Br)c1C(=O)O. The highest BCUT2D eigenvalue weighted by Gasteiger charge is 2.27. The Morgan fingerprint density at radius 2 is 2.05 bits per heavy atom. The molecule has 2 atom stereocenters. The van der Waals surface area contributed by atoms with Gasteiger partial charge in [0.2, 0.25) is 0 Å². The molecule has 1 saturated carbocycles. The molecule has 2 unspecified atom stereocenters. The lowest BCUT2D eigenvalue weighted by Crippen LogP contribution is -2.39. The minimum absolute atomic E-state index is 0.364. The molecule has 104 valence electrons. The van der Waals surface area contributed by atoms with Crippen molar-refractivity contribution in [1.29, 1.82) is 0 Å². The van der Waals surface area contributed by atoms with Crippen LogP contribution in [0.5, 0.6) is 0 Å². The van der Waals surface area contributed by atoms with Gasteiger partial charge in [-0.2, -0.15) is 0 Å². The molecule has 0 aliphatic heterocycles. The Morgan fingerprint density at radius 3 is 2.68 bits per heavy atom. The Hall–Kier alpha value is -1.03. The first kappa shape index (κ1) is 14.4. The largest absolute Gasteiger partial charge is 0.478 e. The van der Waals surface area contributed by atoms with Crippen molar-refractivity contribution in [2.24, 2.45) is 5.92 Å². The van der Waals surface area contributed by atoms with Gasteiger partial charge in [-0.15, -0.1) is 0 Å². The van der Waals surface area contributed by atoms with E-state index in [0.29, 0.717) is 22.0 Å². The van der Waals surface area contributed by atoms with Gasteiger partial charge < -0.3 is 10.0 Å². The second-order valence-corrected chi connectivity index (χ2v) is 6.23. The first-order valence-electron chi connectivity index (χ1n) is 6.77. The van der Waals surface area contributed by atoms with Crippen LogP contribution >= 0.6 is 15.9 Å². The molecule has 0 saturated heterocycles. The number of benzene rings is 1. The second kappa shape index (κ2) is 5.95. The predicted molar refractivity (Wildman–Crippen MR) is 80.9 cm³/mol. The van der Waals surface area contributed by atoms with Crippen molar-refractivity contribution < 1.29 is 9.90 Å². The van der Waals surface area contributed by atoms with E-state index in [1.54, 1.807) is 6.07 Å². The van der Waals surface area contributed by atoms with E-state index in [-0.39, 0.29) is 0 Å². The van der Waals surface area contributed by atoms with Gasteiger partial charge >= 0.3 is 5.97 Å². The molecule has 0 aromatic heterocycles. The van der Waals surface area contributed by atoms with Crippen LogP contribution in [-0.4, -0.2) is 24.2 Å². The quantitative estimate of drug-likeness (QED) is 0.907. The van der Waals surface area contributed by atoms with Gasteiger partial charge in [0.1, 0.15) is 0 Å². The van der Waals surface area contributed by atoms with Gasteiger partial charge in [0.15, 0.2) is 0 Å². The molecule has 3 nitrogen and oxygen atoms in total. The lowest BCUT2D eigenvalue weighted by atomic mass is 9.84. The number of anilines is 1. The molecule has 1 fully saturated rings. The Balaban J connectivity index is 2.35. The Kier molecular flexibility index (Phi) is 4.50. The summed E-state index contributed by atoms with van der Waals surface area (Å²) in [7, 11) is 2.01. The van der Waals surface area contributed by atoms with Gasteiger partial charge in [0.25, 0.3) is 0 Å². The lowest BCUT2D eigenvalue weighted by Gasteiger charge is -2.38. The molecule has 2 rings (SSSR count). The van der Waals surface area contributed by atoms with E-state index in [2.05, 4.69) is 27.8 Å². The van der Waals surface area contributed by atoms with Crippen molar-refractivity contribution >= 4 is 27.6 Å². The molecule has 0 heterocycles. The van der Waals surface area contributed by atoms with E-state index in [0.717, 1.165) is 12.1 Å². The molecular weight excluding hydrogens is 306 g/mol. The summed E-state index contributed by atoms with van der Waals surface area (Å²) in [5.74, 6) is -0.267. The van der Waals surface area contributed by atoms with Crippen LogP contribution < -0.4 is 4.90 Å². The van der Waals surface area contributed by atoms with Gasteiger partial charge in [-0.1, -0.05) is 25.8 Å². The van der Waals surface area contributed by atoms with Crippen molar-refractivity contribution in [3.8, 4) is 0 Å². The molecule has 1 aromatic rings.